The van der Waals surface area contributed by atoms with E-state index >= 15 is 0 Å². The van der Waals surface area contributed by atoms with Gasteiger partial charge in [0.15, 0.2) is 0 Å². The first-order valence-corrected chi connectivity index (χ1v) is 10.8. The zero-order valence-electron chi connectivity index (χ0n) is 17.9. The number of nitrogens with one attached hydrogen (secondary N) is 1. The summed E-state index contributed by atoms with van der Waals surface area (Å²) in [5.74, 6) is -0.692. The Morgan fingerprint density at radius 1 is 1.10 bits per heavy atom. The molecule has 2 aliphatic heterocycles. The standard InChI is InChI=1S/C24H27N3O4/c1-3-31-24(30)17-8-7-9-18(14-17)25-22(28)16-11-12-19-20(15-16)26(2)21-10-5-4-6-13-27(21)23(19)29/h7-9,11-12,14-15,21H,3-6,10,13H2,1-2H3,(H,25,28). The molecular formula is C24H27N3O4. The van der Waals surface area contributed by atoms with Gasteiger partial charge in [-0.1, -0.05) is 12.5 Å². The summed E-state index contributed by atoms with van der Waals surface area (Å²) < 4.78 is 5.02. The Morgan fingerprint density at radius 2 is 1.94 bits per heavy atom. The van der Waals surface area contributed by atoms with Crippen molar-refractivity contribution < 1.29 is 19.1 Å². The number of amides is 2. The molecule has 7 heteroatoms. The lowest BCUT2D eigenvalue weighted by Crippen LogP contribution is -2.53. The maximum atomic E-state index is 13.0. The SMILES string of the molecule is CCOC(=O)c1cccc(NC(=O)c2ccc3c(c2)N(C)C2CCCCCN2C3=O)c1. The van der Waals surface area contributed by atoms with Crippen LogP contribution >= 0.6 is 0 Å². The summed E-state index contributed by atoms with van der Waals surface area (Å²) >= 11 is 0. The van der Waals surface area contributed by atoms with Crippen molar-refractivity contribution in [2.45, 2.75) is 38.8 Å². The molecule has 2 amide bonds. The monoisotopic (exact) mass is 421 g/mol. The number of ether oxygens (including phenoxy) is 1. The highest BCUT2D eigenvalue weighted by atomic mass is 16.5. The predicted octanol–water partition coefficient (Wildman–Crippen LogP) is 3.91. The van der Waals surface area contributed by atoms with Gasteiger partial charge in [0.05, 0.1) is 23.4 Å². The zero-order chi connectivity index (χ0) is 22.0. The van der Waals surface area contributed by atoms with E-state index < -0.39 is 5.97 Å². The number of carbonyl (C=O) groups is 3. The van der Waals surface area contributed by atoms with Crippen LogP contribution in [0.2, 0.25) is 0 Å². The average Bonchev–Trinajstić information content (AvgIpc) is 3.04. The Kier molecular flexibility index (Phi) is 5.93. The Labute approximate surface area is 182 Å². The topological polar surface area (TPSA) is 79.0 Å². The summed E-state index contributed by atoms with van der Waals surface area (Å²) in [6.45, 7) is 2.80. The molecule has 4 rings (SSSR count). The molecule has 0 aliphatic carbocycles. The Morgan fingerprint density at radius 3 is 2.74 bits per heavy atom. The van der Waals surface area contributed by atoms with Crippen LogP contribution < -0.4 is 10.2 Å². The molecule has 0 radical (unpaired) electrons. The van der Waals surface area contributed by atoms with Crippen LogP contribution in [0.3, 0.4) is 0 Å². The smallest absolute Gasteiger partial charge is 0.338 e. The molecule has 31 heavy (non-hydrogen) atoms. The minimum atomic E-state index is -0.430. The van der Waals surface area contributed by atoms with Crippen LogP contribution in [-0.2, 0) is 4.74 Å². The quantitative estimate of drug-likeness (QED) is 0.758. The molecule has 162 valence electrons. The summed E-state index contributed by atoms with van der Waals surface area (Å²) in [4.78, 5) is 41.9. The second-order valence-electron chi connectivity index (χ2n) is 7.93. The zero-order valence-corrected chi connectivity index (χ0v) is 17.9. The van der Waals surface area contributed by atoms with E-state index in [4.69, 9.17) is 4.74 Å². The van der Waals surface area contributed by atoms with Gasteiger partial charge in [0.2, 0.25) is 0 Å². The molecule has 2 heterocycles. The van der Waals surface area contributed by atoms with Gasteiger partial charge in [0.1, 0.15) is 6.17 Å². The molecule has 2 aliphatic rings. The molecule has 1 saturated heterocycles. The highest BCUT2D eigenvalue weighted by Crippen LogP contribution is 2.34. The minimum absolute atomic E-state index is 0.0297. The van der Waals surface area contributed by atoms with E-state index in [-0.39, 0.29) is 24.6 Å². The molecule has 7 nitrogen and oxygen atoms in total. The minimum Gasteiger partial charge on any atom is -0.462 e. The van der Waals surface area contributed by atoms with Crippen LogP contribution in [0.4, 0.5) is 11.4 Å². The number of hydrogen-bond acceptors (Lipinski definition) is 5. The van der Waals surface area contributed by atoms with E-state index in [9.17, 15) is 14.4 Å². The number of fused-ring (bicyclic) bond motifs is 2. The summed E-state index contributed by atoms with van der Waals surface area (Å²) in [5, 5.41) is 2.83. The van der Waals surface area contributed by atoms with Crippen molar-refractivity contribution in [2.24, 2.45) is 0 Å². The molecule has 1 unspecified atom stereocenters. The first kappa shape index (κ1) is 20.9. The molecule has 0 bridgehead atoms. The maximum Gasteiger partial charge on any atom is 0.338 e. The van der Waals surface area contributed by atoms with Gasteiger partial charge < -0.3 is 19.9 Å². The highest BCUT2D eigenvalue weighted by Gasteiger charge is 2.36. The fourth-order valence-corrected chi connectivity index (χ4v) is 4.33. The second-order valence-corrected chi connectivity index (χ2v) is 7.93. The van der Waals surface area contributed by atoms with E-state index in [2.05, 4.69) is 10.2 Å². The molecule has 2 aromatic rings. The lowest BCUT2D eigenvalue weighted by atomic mass is 10.0. The van der Waals surface area contributed by atoms with Crippen molar-refractivity contribution in [1.82, 2.24) is 4.90 Å². The summed E-state index contributed by atoms with van der Waals surface area (Å²) in [7, 11) is 1.98. The third-order valence-electron chi connectivity index (χ3n) is 5.93. The van der Waals surface area contributed by atoms with Gasteiger partial charge in [-0.15, -0.1) is 0 Å². The molecule has 0 saturated carbocycles. The molecular weight excluding hydrogens is 394 g/mol. The number of nitrogens with zero attached hydrogens (tertiary/aromatic N) is 2. The number of carbonyl (C=O) groups excluding carboxylic acids is 3. The van der Waals surface area contributed by atoms with E-state index in [0.29, 0.717) is 22.4 Å². The van der Waals surface area contributed by atoms with Crippen LogP contribution in [-0.4, -0.2) is 49.0 Å². The molecule has 1 atom stereocenters. The number of hydrogen-bond donors (Lipinski definition) is 1. The fourth-order valence-electron chi connectivity index (χ4n) is 4.33. The van der Waals surface area contributed by atoms with Crippen LogP contribution in [0.5, 0.6) is 0 Å². The first-order valence-electron chi connectivity index (χ1n) is 10.8. The number of anilines is 2. The average molecular weight is 421 g/mol. The van der Waals surface area contributed by atoms with Gasteiger partial charge in [-0.2, -0.15) is 0 Å². The van der Waals surface area contributed by atoms with Crippen LogP contribution in [0.1, 0.15) is 63.7 Å². The van der Waals surface area contributed by atoms with Crippen LogP contribution in [0.15, 0.2) is 42.5 Å². The van der Waals surface area contributed by atoms with E-state index in [1.807, 2.05) is 11.9 Å². The van der Waals surface area contributed by atoms with Crippen molar-refractivity contribution in [2.75, 3.05) is 30.4 Å². The number of esters is 1. The van der Waals surface area contributed by atoms with Crippen molar-refractivity contribution in [3.05, 3.63) is 59.2 Å². The van der Waals surface area contributed by atoms with Crippen molar-refractivity contribution in [3.8, 4) is 0 Å². The lowest BCUT2D eigenvalue weighted by Gasteiger charge is -2.43. The number of rotatable bonds is 4. The normalized spacial score (nSPS) is 18.0. The Hall–Kier alpha value is -3.35. The predicted molar refractivity (Wildman–Crippen MR) is 118 cm³/mol. The maximum absolute atomic E-state index is 13.0. The summed E-state index contributed by atoms with van der Waals surface area (Å²) in [6, 6.07) is 11.8. The van der Waals surface area contributed by atoms with Gasteiger partial charge in [-0.3, -0.25) is 9.59 Å². The van der Waals surface area contributed by atoms with E-state index in [1.54, 1.807) is 49.4 Å². The molecule has 2 aromatic carbocycles. The number of benzene rings is 2. The first-order chi connectivity index (χ1) is 15.0. The van der Waals surface area contributed by atoms with Gasteiger partial charge in [-0.05, 0) is 62.6 Å². The van der Waals surface area contributed by atoms with Crippen LogP contribution in [0, 0.1) is 0 Å². The largest absolute Gasteiger partial charge is 0.462 e. The van der Waals surface area contributed by atoms with Gasteiger partial charge in [0, 0.05) is 24.8 Å². The summed E-state index contributed by atoms with van der Waals surface area (Å²) in [5.41, 5.74) is 2.75. The van der Waals surface area contributed by atoms with E-state index in [0.717, 1.165) is 37.9 Å². The molecule has 1 N–H and O–H groups in total. The van der Waals surface area contributed by atoms with Gasteiger partial charge in [0.25, 0.3) is 11.8 Å². The molecule has 1 fully saturated rings. The highest BCUT2D eigenvalue weighted by molar-refractivity contribution is 6.08. The summed E-state index contributed by atoms with van der Waals surface area (Å²) in [6.07, 6.45) is 4.20. The Bertz CT molecular complexity index is 1020. The van der Waals surface area contributed by atoms with Crippen molar-refractivity contribution >= 4 is 29.2 Å². The fraction of sp³-hybridized carbons (Fsp3) is 0.375. The second kappa shape index (κ2) is 8.79. The van der Waals surface area contributed by atoms with Crippen molar-refractivity contribution in [3.63, 3.8) is 0 Å². The van der Waals surface area contributed by atoms with Gasteiger partial charge in [-0.25, -0.2) is 4.79 Å². The molecule has 0 spiro atoms. The lowest BCUT2D eigenvalue weighted by molar-refractivity contribution is 0.0525. The Balaban J connectivity index is 1.57. The third-order valence-corrected chi connectivity index (χ3v) is 5.93. The van der Waals surface area contributed by atoms with Crippen LogP contribution in [0.25, 0.3) is 0 Å². The molecule has 0 aromatic heterocycles. The third kappa shape index (κ3) is 4.13. The van der Waals surface area contributed by atoms with Crippen molar-refractivity contribution in [1.29, 1.82) is 0 Å². The van der Waals surface area contributed by atoms with Gasteiger partial charge >= 0.3 is 5.97 Å². The van der Waals surface area contributed by atoms with E-state index in [1.165, 1.54) is 0 Å².